The molecule has 0 spiro atoms. The van der Waals surface area contributed by atoms with Crippen LogP contribution in [0, 0.1) is 6.92 Å². The van der Waals surface area contributed by atoms with E-state index in [4.69, 9.17) is 0 Å². The van der Waals surface area contributed by atoms with E-state index in [1.54, 1.807) is 19.2 Å². The average molecular weight is 361 g/mol. The van der Waals surface area contributed by atoms with Gasteiger partial charge in [-0.15, -0.1) is 0 Å². The second kappa shape index (κ2) is 6.35. The van der Waals surface area contributed by atoms with Gasteiger partial charge in [0.1, 0.15) is 5.69 Å². The quantitative estimate of drug-likeness (QED) is 0.712. The first-order valence-electron chi connectivity index (χ1n) is 8.49. The number of alkyl halides is 3. The number of aryl methyl sites for hydroxylation is 1. The Kier molecular flexibility index (Phi) is 4.14. The monoisotopic (exact) mass is 361 g/mol. The van der Waals surface area contributed by atoms with Gasteiger partial charge in [-0.05, 0) is 44.0 Å². The second-order valence-corrected chi connectivity index (χ2v) is 6.61. The summed E-state index contributed by atoms with van der Waals surface area (Å²) in [5.41, 5.74) is 1.49. The van der Waals surface area contributed by atoms with E-state index in [0.717, 1.165) is 35.5 Å². The van der Waals surface area contributed by atoms with Crippen molar-refractivity contribution < 1.29 is 13.2 Å². The van der Waals surface area contributed by atoms with Crippen molar-refractivity contribution in [3.63, 3.8) is 0 Å². The van der Waals surface area contributed by atoms with Crippen molar-refractivity contribution in [2.75, 3.05) is 6.54 Å². The van der Waals surface area contributed by atoms with Crippen molar-refractivity contribution in [3.05, 3.63) is 59.3 Å². The van der Waals surface area contributed by atoms with Crippen LogP contribution in [0.3, 0.4) is 0 Å². The van der Waals surface area contributed by atoms with E-state index in [2.05, 4.69) is 20.0 Å². The fourth-order valence-electron chi connectivity index (χ4n) is 3.56. The van der Waals surface area contributed by atoms with Gasteiger partial charge in [0, 0.05) is 30.7 Å². The van der Waals surface area contributed by atoms with Crippen molar-refractivity contribution in [2.24, 2.45) is 0 Å². The van der Waals surface area contributed by atoms with E-state index < -0.39 is 11.9 Å². The lowest BCUT2D eigenvalue weighted by Gasteiger charge is -2.22. The lowest BCUT2D eigenvalue weighted by atomic mass is 10.1. The molecule has 0 N–H and O–H groups in total. The molecule has 1 aliphatic rings. The summed E-state index contributed by atoms with van der Waals surface area (Å²) in [5.74, 6) is 0. The van der Waals surface area contributed by atoms with Gasteiger partial charge >= 0.3 is 6.18 Å². The van der Waals surface area contributed by atoms with Crippen molar-refractivity contribution in [2.45, 2.75) is 38.5 Å². The zero-order valence-corrected chi connectivity index (χ0v) is 14.2. The van der Waals surface area contributed by atoms with Crippen LogP contribution in [-0.4, -0.2) is 31.0 Å². The smallest absolute Gasteiger partial charge is 0.290 e. The summed E-state index contributed by atoms with van der Waals surface area (Å²) in [5, 5.41) is 4.27. The average Bonchev–Trinajstić information content (AvgIpc) is 3.20. The Labute approximate surface area is 148 Å². The highest BCUT2D eigenvalue weighted by Crippen LogP contribution is 2.35. The molecule has 5 nitrogen and oxygen atoms in total. The van der Waals surface area contributed by atoms with Gasteiger partial charge < -0.3 is 0 Å². The molecule has 1 fully saturated rings. The fraction of sp³-hybridized carbons (Fsp3) is 0.389. The van der Waals surface area contributed by atoms with E-state index in [1.807, 2.05) is 18.3 Å². The van der Waals surface area contributed by atoms with Crippen molar-refractivity contribution in [1.29, 1.82) is 0 Å². The number of aromatic nitrogens is 4. The SMILES string of the molecule is Cc1cc(C(F)(F)F)n2nc(C3CCCN3Cc3cccnc3)cc2n1. The lowest BCUT2D eigenvalue weighted by molar-refractivity contribution is -0.142. The molecular weight excluding hydrogens is 343 g/mol. The Morgan fingerprint density at radius 1 is 1.27 bits per heavy atom. The maximum absolute atomic E-state index is 13.3. The van der Waals surface area contributed by atoms with E-state index in [0.29, 0.717) is 17.9 Å². The van der Waals surface area contributed by atoms with Gasteiger partial charge in [-0.2, -0.15) is 18.3 Å². The Hall–Kier alpha value is -2.48. The summed E-state index contributed by atoms with van der Waals surface area (Å²) in [4.78, 5) is 10.6. The number of hydrogen-bond acceptors (Lipinski definition) is 4. The third-order valence-electron chi connectivity index (χ3n) is 4.68. The van der Waals surface area contributed by atoms with Crippen molar-refractivity contribution in [3.8, 4) is 0 Å². The highest BCUT2D eigenvalue weighted by atomic mass is 19.4. The molecule has 0 amide bonds. The zero-order valence-electron chi connectivity index (χ0n) is 14.2. The summed E-state index contributed by atoms with van der Waals surface area (Å²) < 4.78 is 40.9. The summed E-state index contributed by atoms with van der Waals surface area (Å²) in [6.07, 6.45) is 0.910. The number of likely N-dealkylation sites (tertiary alicyclic amines) is 1. The molecule has 3 aromatic rings. The highest BCUT2D eigenvalue weighted by Gasteiger charge is 2.36. The third-order valence-corrected chi connectivity index (χ3v) is 4.68. The summed E-state index contributed by atoms with van der Waals surface area (Å²) in [6, 6.07) is 6.57. The predicted molar refractivity (Wildman–Crippen MR) is 89.3 cm³/mol. The Morgan fingerprint density at radius 2 is 2.12 bits per heavy atom. The summed E-state index contributed by atoms with van der Waals surface area (Å²) >= 11 is 0. The van der Waals surface area contributed by atoms with Gasteiger partial charge in [-0.3, -0.25) is 9.88 Å². The Bertz CT molecular complexity index is 920. The topological polar surface area (TPSA) is 46.3 Å². The maximum Gasteiger partial charge on any atom is 0.433 e. The summed E-state index contributed by atoms with van der Waals surface area (Å²) in [7, 11) is 0. The minimum Gasteiger partial charge on any atom is -0.290 e. The van der Waals surface area contributed by atoms with E-state index >= 15 is 0 Å². The number of rotatable bonds is 3. The number of halogens is 3. The number of fused-ring (bicyclic) bond motifs is 1. The first-order chi connectivity index (χ1) is 12.4. The van der Waals surface area contributed by atoms with Gasteiger partial charge in [0.2, 0.25) is 0 Å². The molecule has 0 aliphatic carbocycles. The van der Waals surface area contributed by atoms with Gasteiger partial charge in [0.25, 0.3) is 0 Å². The highest BCUT2D eigenvalue weighted by molar-refractivity contribution is 5.43. The Morgan fingerprint density at radius 3 is 2.85 bits per heavy atom. The standard InChI is InChI=1S/C18H18F3N5/c1-12-8-16(18(19,20)21)26-17(23-12)9-14(24-26)15-5-3-7-25(15)11-13-4-2-6-22-10-13/h2,4,6,8-10,15H,3,5,7,11H2,1H3. The van der Waals surface area contributed by atoms with Crippen LogP contribution in [0.4, 0.5) is 13.2 Å². The normalized spacial score (nSPS) is 18.7. The molecule has 0 radical (unpaired) electrons. The lowest BCUT2D eigenvalue weighted by Crippen LogP contribution is -2.23. The molecule has 1 saturated heterocycles. The minimum atomic E-state index is -4.47. The van der Waals surface area contributed by atoms with E-state index in [9.17, 15) is 13.2 Å². The van der Waals surface area contributed by atoms with Crippen LogP contribution in [0.2, 0.25) is 0 Å². The van der Waals surface area contributed by atoms with Crippen LogP contribution in [0.15, 0.2) is 36.7 Å². The second-order valence-electron chi connectivity index (χ2n) is 6.61. The molecule has 1 aliphatic heterocycles. The van der Waals surface area contributed by atoms with Crippen molar-refractivity contribution in [1.82, 2.24) is 24.5 Å². The molecule has 26 heavy (non-hydrogen) atoms. The van der Waals surface area contributed by atoms with Crippen molar-refractivity contribution >= 4 is 5.65 Å². The van der Waals surface area contributed by atoms with Crippen LogP contribution in [0.5, 0.6) is 0 Å². The van der Waals surface area contributed by atoms with Crippen LogP contribution in [0.1, 0.15) is 41.5 Å². The molecule has 8 heteroatoms. The molecular formula is C18H18F3N5. The van der Waals surface area contributed by atoms with E-state index in [1.165, 1.54) is 0 Å². The number of pyridine rings is 1. The van der Waals surface area contributed by atoms with E-state index in [-0.39, 0.29) is 11.7 Å². The molecule has 136 valence electrons. The van der Waals surface area contributed by atoms with Gasteiger partial charge in [0.15, 0.2) is 5.65 Å². The van der Waals surface area contributed by atoms with Gasteiger partial charge in [0.05, 0.1) is 11.7 Å². The third kappa shape index (κ3) is 3.16. The Balaban J connectivity index is 1.70. The molecule has 4 rings (SSSR count). The minimum absolute atomic E-state index is 0.0155. The maximum atomic E-state index is 13.3. The molecule has 0 saturated carbocycles. The zero-order chi connectivity index (χ0) is 18.3. The fourth-order valence-corrected chi connectivity index (χ4v) is 3.56. The van der Waals surface area contributed by atoms with Crippen LogP contribution >= 0.6 is 0 Å². The van der Waals surface area contributed by atoms with Crippen LogP contribution in [0.25, 0.3) is 5.65 Å². The molecule has 3 aromatic heterocycles. The molecule has 1 unspecified atom stereocenters. The molecule has 0 aromatic carbocycles. The first-order valence-corrected chi connectivity index (χ1v) is 8.49. The van der Waals surface area contributed by atoms with Gasteiger partial charge in [-0.25, -0.2) is 9.50 Å². The summed E-state index contributed by atoms with van der Waals surface area (Å²) in [6.45, 7) is 3.14. The molecule has 0 bridgehead atoms. The van der Waals surface area contributed by atoms with Crippen LogP contribution in [-0.2, 0) is 12.7 Å². The molecule has 1 atom stereocenters. The number of hydrogen-bond donors (Lipinski definition) is 0. The predicted octanol–water partition coefficient (Wildman–Crippen LogP) is 3.79. The van der Waals surface area contributed by atoms with Crippen LogP contribution < -0.4 is 0 Å². The number of nitrogens with zero attached hydrogens (tertiary/aromatic N) is 5. The first kappa shape index (κ1) is 17.0. The molecule has 4 heterocycles. The largest absolute Gasteiger partial charge is 0.433 e. The van der Waals surface area contributed by atoms with Gasteiger partial charge in [-0.1, -0.05) is 6.07 Å².